The number of hydrogen-bond donors (Lipinski definition) is 1. The van der Waals surface area contributed by atoms with E-state index in [2.05, 4.69) is 0 Å². The Balaban J connectivity index is 2.61. The first-order valence-electron chi connectivity index (χ1n) is 6.23. The second kappa shape index (κ2) is 4.76. The van der Waals surface area contributed by atoms with E-state index in [9.17, 15) is 9.18 Å². The Labute approximate surface area is 119 Å². The highest BCUT2D eigenvalue weighted by atomic mass is 19.1. The number of nitrogens with two attached hydrogens (primary N) is 1. The lowest BCUT2D eigenvalue weighted by molar-refractivity contribution is 0.633. The van der Waals surface area contributed by atoms with Crippen LogP contribution in [0.4, 0.5) is 10.1 Å². The van der Waals surface area contributed by atoms with Crippen LogP contribution in [0.5, 0.6) is 0 Å². The molecule has 4 nitrogen and oxygen atoms in total. The van der Waals surface area contributed by atoms with Crippen molar-refractivity contribution in [3.63, 3.8) is 0 Å². The zero-order valence-corrected chi connectivity index (χ0v) is 10.9. The molecule has 0 aliphatic heterocycles. The molecule has 0 fully saturated rings. The molecule has 3 aromatic rings. The molecule has 5 heteroatoms. The van der Waals surface area contributed by atoms with Gasteiger partial charge in [0, 0.05) is 11.1 Å². The number of halogens is 1. The number of hydrogen-bond acceptors (Lipinski definition) is 3. The van der Waals surface area contributed by atoms with Crippen LogP contribution >= 0.6 is 0 Å². The molecular formula is C16H10FN3O. The smallest absolute Gasteiger partial charge is 0.275 e. The molecule has 0 spiro atoms. The van der Waals surface area contributed by atoms with Crippen molar-refractivity contribution in [2.24, 2.45) is 0 Å². The number of aromatic nitrogens is 1. The lowest BCUT2D eigenvalue weighted by atomic mass is 10.1. The molecule has 0 aliphatic rings. The fourth-order valence-corrected chi connectivity index (χ4v) is 2.35. The number of nitrogen functional groups attached to an aromatic ring is 1. The Hall–Kier alpha value is -3.13. The van der Waals surface area contributed by atoms with E-state index in [1.807, 2.05) is 0 Å². The Morgan fingerprint density at radius 2 is 1.81 bits per heavy atom. The second-order valence-corrected chi connectivity index (χ2v) is 4.51. The van der Waals surface area contributed by atoms with Crippen LogP contribution in [0, 0.1) is 17.1 Å². The molecule has 0 unspecified atom stereocenters. The van der Waals surface area contributed by atoms with Gasteiger partial charge in [-0.3, -0.25) is 9.36 Å². The molecule has 0 saturated heterocycles. The van der Waals surface area contributed by atoms with Crippen molar-refractivity contribution in [2.75, 3.05) is 5.73 Å². The van der Waals surface area contributed by atoms with Crippen LogP contribution in [-0.4, -0.2) is 4.57 Å². The third-order valence-electron chi connectivity index (χ3n) is 3.31. The summed E-state index contributed by atoms with van der Waals surface area (Å²) in [7, 11) is 0. The summed E-state index contributed by atoms with van der Waals surface area (Å²) in [6, 6.07) is 14.7. The van der Waals surface area contributed by atoms with Crippen molar-refractivity contribution in [3.8, 4) is 11.8 Å². The van der Waals surface area contributed by atoms with Crippen molar-refractivity contribution in [1.82, 2.24) is 4.57 Å². The number of para-hydroxylation sites is 2. The maximum atomic E-state index is 14.2. The SMILES string of the molecule is N#Cc1c(N)c2cccc(F)c2n(-c2ccccc2)c1=O. The van der Waals surface area contributed by atoms with Crippen LogP contribution in [0.15, 0.2) is 53.3 Å². The average molecular weight is 279 g/mol. The van der Waals surface area contributed by atoms with Gasteiger partial charge < -0.3 is 5.73 Å². The molecule has 1 heterocycles. The largest absolute Gasteiger partial charge is 0.397 e. The van der Waals surface area contributed by atoms with E-state index in [1.165, 1.54) is 16.7 Å². The van der Waals surface area contributed by atoms with E-state index in [0.29, 0.717) is 11.1 Å². The number of benzene rings is 2. The van der Waals surface area contributed by atoms with Crippen LogP contribution in [0.1, 0.15) is 5.56 Å². The topological polar surface area (TPSA) is 71.8 Å². The Bertz CT molecular complexity index is 940. The van der Waals surface area contributed by atoms with Gasteiger partial charge in [0.25, 0.3) is 5.56 Å². The number of nitriles is 1. The fraction of sp³-hybridized carbons (Fsp3) is 0. The van der Waals surface area contributed by atoms with E-state index in [1.54, 1.807) is 42.5 Å². The summed E-state index contributed by atoms with van der Waals surface area (Å²) in [5.41, 5.74) is 5.59. The molecule has 2 aromatic carbocycles. The zero-order chi connectivity index (χ0) is 15.0. The maximum absolute atomic E-state index is 14.2. The van der Waals surface area contributed by atoms with Gasteiger partial charge in [-0.15, -0.1) is 0 Å². The third kappa shape index (κ3) is 1.85. The second-order valence-electron chi connectivity index (χ2n) is 4.51. The first-order valence-corrected chi connectivity index (χ1v) is 6.23. The Kier molecular flexibility index (Phi) is 2.92. The Morgan fingerprint density at radius 3 is 2.48 bits per heavy atom. The van der Waals surface area contributed by atoms with E-state index >= 15 is 0 Å². The van der Waals surface area contributed by atoms with E-state index < -0.39 is 11.4 Å². The summed E-state index contributed by atoms with van der Waals surface area (Å²) in [5, 5.41) is 9.50. The lowest BCUT2D eigenvalue weighted by Crippen LogP contribution is -2.24. The first kappa shape index (κ1) is 12.9. The van der Waals surface area contributed by atoms with Crippen LogP contribution < -0.4 is 11.3 Å². The summed E-state index contributed by atoms with van der Waals surface area (Å²) in [4.78, 5) is 12.5. The highest BCUT2D eigenvalue weighted by Gasteiger charge is 2.18. The minimum Gasteiger partial charge on any atom is -0.397 e. The van der Waals surface area contributed by atoms with Crippen LogP contribution in [0.3, 0.4) is 0 Å². The molecule has 2 N–H and O–H groups in total. The fourth-order valence-electron chi connectivity index (χ4n) is 2.35. The van der Waals surface area contributed by atoms with Crippen molar-refractivity contribution in [3.05, 3.63) is 70.3 Å². The summed E-state index contributed by atoms with van der Waals surface area (Å²) in [6.45, 7) is 0. The standard InChI is InChI=1S/C16H10FN3O/c17-13-8-4-7-11-14(19)12(9-18)16(21)20(15(11)13)10-5-2-1-3-6-10/h1-8H,19H2. The van der Waals surface area contributed by atoms with E-state index in [0.717, 1.165) is 0 Å². The highest BCUT2D eigenvalue weighted by molar-refractivity contribution is 5.94. The third-order valence-corrected chi connectivity index (χ3v) is 3.31. The molecule has 102 valence electrons. The summed E-state index contributed by atoms with van der Waals surface area (Å²) in [5.74, 6) is -0.565. The normalized spacial score (nSPS) is 10.5. The number of anilines is 1. The first-order chi connectivity index (χ1) is 10.1. The minimum absolute atomic E-state index is 0.00387. The van der Waals surface area contributed by atoms with Crippen molar-refractivity contribution in [1.29, 1.82) is 5.26 Å². The zero-order valence-electron chi connectivity index (χ0n) is 10.9. The molecule has 0 aliphatic carbocycles. The monoisotopic (exact) mass is 279 g/mol. The van der Waals surface area contributed by atoms with Gasteiger partial charge >= 0.3 is 0 Å². The molecule has 21 heavy (non-hydrogen) atoms. The molecule has 0 amide bonds. The lowest BCUT2D eigenvalue weighted by Gasteiger charge is -2.13. The van der Waals surface area contributed by atoms with E-state index in [4.69, 9.17) is 11.0 Å². The molecule has 1 aromatic heterocycles. The number of pyridine rings is 1. The molecule has 0 radical (unpaired) electrons. The van der Waals surface area contributed by atoms with Gasteiger partial charge in [0.1, 0.15) is 17.4 Å². The van der Waals surface area contributed by atoms with Gasteiger partial charge in [-0.05, 0) is 18.2 Å². The molecule has 0 bridgehead atoms. The quantitative estimate of drug-likeness (QED) is 0.744. The van der Waals surface area contributed by atoms with Gasteiger partial charge in [-0.2, -0.15) is 5.26 Å². The van der Waals surface area contributed by atoms with E-state index in [-0.39, 0.29) is 16.8 Å². The highest BCUT2D eigenvalue weighted by Crippen LogP contribution is 2.26. The Morgan fingerprint density at radius 1 is 1.10 bits per heavy atom. The summed E-state index contributed by atoms with van der Waals surface area (Å²) in [6.07, 6.45) is 0. The molecule has 0 saturated carbocycles. The van der Waals surface area contributed by atoms with Gasteiger partial charge in [-0.25, -0.2) is 4.39 Å². The predicted molar refractivity (Wildman–Crippen MR) is 78.6 cm³/mol. The number of fused-ring (bicyclic) bond motifs is 1. The summed E-state index contributed by atoms with van der Waals surface area (Å²) < 4.78 is 15.4. The van der Waals surface area contributed by atoms with Crippen LogP contribution in [0.25, 0.3) is 16.6 Å². The van der Waals surface area contributed by atoms with Gasteiger partial charge in [0.2, 0.25) is 0 Å². The molecule has 0 atom stereocenters. The predicted octanol–water partition coefficient (Wildman–Crippen LogP) is 2.58. The number of rotatable bonds is 1. The van der Waals surface area contributed by atoms with Crippen molar-refractivity contribution < 1.29 is 4.39 Å². The maximum Gasteiger partial charge on any atom is 0.275 e. The van der Waals surface area contributed by atoms with Crippen molar-refractivity contribution in [2.45, 2.75) is 0 Å². The molecular weight excluding hydrogens is 269 g/mol. The van der Waals surface area contributed by atoms with Gasteiger partial charge in [0.15, 0.2) is 0 Å². The van der Waals surface area contributed by atoms with Gasteiger partial charge in [0.05, 0.1) is 11.2 Å². The number of nitrogens with zero attached hydrogens (tertiary/aromatic N) is 2. The van der Waals surface area contributed by atoms with Gasteiger partial charge in [-0.1, -0.05) is 30.3 Å². The summed E-state index contributed by atoms with van der Waals surface area (Å²) >= 11 is 0. The minimum atomic E-state index is -0.626. The van der Waals surface area contributed by atoms with Crippen LogP contribution in [0.2, 0.25) is 0 Å². The van der Waals surface area contributed by atoms with Crippen molar-refractivity contribution >= 4 is 16.6 Å². The average Bonchev–Trinajstić information content (AvgIpc) is 2.50. The van der Waals surface area contributed by atoms with Crippen LogP contribution in [-0.2, 0) is 0 Å². The molecule has 3 rings (SSSR count).